The SMILES string of the molecule is CN(C)C(=O)Cn1cc(NC(=O)c2cccc(COc3ccc(C#N)cc3)c2)cn1. The Bertz CT molecular complexity index is 1080. The fourth-order valence-electron chi connectivity index (χ4n) is 2.59. The lowest BCUT2D eigenvalue weighted by atomic mass is 10.1. The monoisotopic (exact) mass is 403 g/mol. The van der Waals surface area contributed by atoms with Crippen molar-refractivity contribution >= 4 is 17.5 Å². The highest BCUT2D eigenvalue weighted by molar-refractivity contribution is 6.04. The summed E-state index contributed by atoms with van der Waals surface area (Å²) in [5, 5.41) is 15.7. The first kappa shape index (κ1) is 20.6. The summed E-state index contributed by atoms with van der Waals surface area (Å²) in [4.78, 5) is 25.8. The Kier molecular flexibility index (Phi) is 6.45. The van der Waals surface area contributed by atoms with E-state index in [0.717, 1.165) is 5.56 Å². The van der Waals surface area contributed by atoms with Gasteiger partial charge in [-0.25, -0.2) is 0 Å². The smallest absolute Gasteiger partial charge is 0.255 e. The van der Waals surface area contributed by atoms with Gasteiger partial charge in [0.25, 0.3) is 5.91 Å². The van der Waals surface area contributed by atoms with Gasteiger partial charge in [-0.3, -0.25) is 14.3 Å². The highest BCUT2D eigenvalue weighted by atomic mass is 16.5. The Morgan fingerprint density at radius 2 is 1.97 bits per heavy atom. The van der Waals surface area contributed by atoms with E-state index in [0.29, 0.717) is 22.6 Å². The Morgan fingerprint density at radius 3 is 2.67 bits per heavy atom. The van der Waals surface area contributed by atoms with E-state index in [-0.39, 0.29) is 25.0 Å². The number of carbonyl (C=O) groups is 2. The van der Waals surface area contributed by atoms with E-state index in [2.05, 4.69) is 16.5 Å². The summed E-state index contributed by atoms with van der Waals surface area (Å²) in [7, 11) is 3.35. The minimum atomic E-state index is -0.284. The van der Waals surface area contributed by atoms with Gasteiger partial charge >= 0.3 is 0 Å². The Morgan fingerprint density at radius 1 is 1.20 bits per heavy atom. The van der Waals surface area contributed by atoms with Gasteiger partial charge in [0.2, 0.25) is 5.91 Å². The molecule has 0 saturated heterocycles. The van der Waals surface area contributed by atoms with Crippen LogP contribution in [0.25, 0.3) is 0 Å². The largest absolute Gasteiger partial charge is 0.489 e. The molecule has 0 spiro atoms. The topological polar surface area (TPSA) is 100 Å². The van der Waals surface area contributed by atoms with Gasteiger partial charge < -0.3 is 15.0 Å². The minimum absolute atomic E-state index is 0.0917. The first-order valence-electron chi connectivity index (χ1n) is 9.20. The molecule has 0 atom stereocenters. The first-order chi connectivity index (χ1) is 14.4. The molecule has 2 aromatic carbocycles. The van der Waals surface area contributed by atoms with Gasteiger partial charge in [0.15, 0.2) is 0 Å². The third-order valence-corrected chi connectivity index (χ3v) is 4.27. The maximum atomic E-state index is 12.6. The maximum Gasteiger partial charge on any atom is 0.255 e. The fraction of sp³-hybridized carbons (Fsp3) is 0.182. The molecule has 152 valence electrons. The van der Waals surface area contributed by atoms with Crippen molar-refractivity contribution in [3.8, 4) is 11.8 Å². The summed E-state index contributed by atoms with van der Waals surface area (Å²) in [5.74, 6) is 0.267. The van der Waals surface area contributed by atoms with Crippen molar-refractivity contribution in [1.82, 2.24) is 14.7 Å². The second-order valence-corrected chi connectivity index (χ2v) is 6.79. The van der Waals surface area contributed by atoms with Crippen molar-refractivity contribution in [2.45, 2.75) is 13.2 Å². The van der Waals surface area contributed by atoms with Crippen molar-refractivity contribution < 1.29 is 14.3 Å². The van der Waals surface area contributed by atoms with Crippen LogP contribution in [0.4, 0.5) is 5.69 Å². The van der Waals surface area contributed by atoms with Crippen LogP contribution in [0.1, 0.15) is 21.5 Å². The van der Waals surface area contributed by atoms with E-state index < -0.39 is 0 Å². The molecule has 0 saturated carbocycles. The molecule has 0 bridgehead atoms. The van der Waals surface area contributed by atoms with Gasteiger partial charge in [-0.1, -0.05) is 12.1 Å². The van der Waals surface area contributed by atoms with Crippen molar-refractivity contribution in [3.05, 3.63) is 77.6 Å². The van der Waals surface area contributed by atoms with E-state index in [1.807, 2.05) is 6.07 Å². The molecular formula is C22H21N5O3. The van der Waals surface area contributed by atoms with Crippen molar-refractivity contribution in [1.29, 1.82) is 5.26 Å². The standard InChI is InChI=1S/C22H21N5O3/c1-26(2)21(28)14-27-13-19(12-24-27)25-22(29)18-5-3-4-17(10-18)15-30-20-8-6-16(11-23)7-9-20/h3-10,12-13H,14-15H2,1-2H3,(H,25,29). The molecule has 30 heavy (non-hydrogen) atoms. The predicted molar refractivity (Wildman–Crippen MR) is 111 cm³/mol. The Hall–Kier alpha value is -4.12. The second kappa shape index (κ2) is 9.39. The molecule has 8 nitrogen and oxygen atoms in total. The lowest BCUT2D eigenvalue weighted by molar-refractivity contribution is -0.129. The predicted octanol–water partition coefficient (Wildman–Crippen LogP) is 2.67. The van der Waals surface area contributed by atoms with Crippen LogP contribution < -0.4 is 10.1 Å². The molecule has 3 aromatic rings. The number of nitrogens with zero attached hydrogens (tertiary/aromatic N) is 4. The first-order valence-corrected chi connectivity index (χ1v) is 9.20. The highest BCUT2D eigenvalue weighted by Gasteiger charge is 2.11. The van der Waals surface area contributed by atoms with E-state index in [4.69, 9.17) is 10.00 Å². The number of anilines is 1. The van der Waals surface area contributed by atoms with Gasteiger partial charge in [-0.05, 0) is 42.0 Å². The molecule has 3 rings (SSSR count). The van der Waals surface area contributed by atoms with Crippen molar-refractivity contribution in [2.75, 3.05) is 19.4 Å². The summed E-state index contributed by atoms with van der Waals surface area (Å²) < 4.78 is 7.19. The van der Waals surface area contributed by atoms with Crippen molar-refractivity contribution in [2.24, 2.45) is 0 Å². The molecule has 2 amide bonds. The van der Waals surface area contributed by atoms with E-state index in [1.165, 1.54) is 15.8 Å². The van der Waals surface area contributed by atoms with Crippen LogP contribution in [0.5, 0.6) is 5.75 Å². The van der Waals surface area contributed by atoms with Crippen LogP contribution in [-0.4, -0.2) is 40.6 Å². The molecule has 8 heteroatoms. The molecule has 1 heterocycles. The average Bonchev–Trinajstić information content (AvgIpc) is 3.19. The molecule has 0 aliphatic heterocycles. The number of nitriles is 1. The van der Waals surface area contributed by atoms with Crippen LogP contribution in [0.15, 0.2) is 60.9 Å². The van der Waals surface area contributed by atoms with Gasteiger partial charge in [-0.2, -0.15) is 10.4 Å². The molecule has 0 aliphatic carbocycles. The number of hydrogen-bond acceptors (Lipinski definition) is 5. The zero-order valence-corrected chi connectivity index (χ0v) is 16.7. The number of likely N-dealkylation sites (N-methyl/N-ethyl adjacent to an activating group) is 1. The van der Waals surface area contributed by atoms with Gasteiger partial charge in [0.1, 0.15) is 18.9 Å². The fourth-order valence-corrected chi connectivity index (χ4v) is 2.59. The zero-order chi connectivity index (χ0) is 21.5. The van der Waals surface area contributed by atoms with Crippen molar-refractivity contribution in [3.63, 3.8) is 0 Å². The Labute approximate surface area is 174 Å². The summed E-state index contributed by atoms with van der Waals surface area (Å²) in [6.45, 7) is 0.392. The van der Waals surface area contributed by atoms with Crippen LogP contribution in [0, 0.1) is 11.3 Å². The normalized spacial score (nSPS) is 10.2. The molecule has 1 N–H and O–H groups in total. The Balaban J connectivity index is 1.59. The number of carbonyl (C=O) groups excluding carboxylic acids is 2. The third kappa shape index (κ3) is 5.45. The molecule has 0 aliphatic rings. The number of nitrogens with one attached hydrogen (secondary N) is 1. The lowest BCUT2D eigenvalue weighted by Crippen LogP contribution is -2.26. The van der Waals surface area contributed by atoms with Crippen LogP contribution in [0.2, 0.25) is 0 Å². The van der Waals surface area contributed by atoms with Gasteiger partial charge in [0, 0.05) is 25.9 Å². The lowest BCUT2D eigenvalue weighted by Gasteiger charge is -2.09. The molecule has 0 fully saturated rings. The van der Waals surface area contributed by atoms with Gasteiger partial charge in [0.05, 0.1) is 23.5 Å². The molecule has 0 unspecified atom stereocenters. The summed E-state index contributed by atoms with van der Waals surface area (Å²) >= 11 is 0. The molecular weight excluding hydrogens is 382 g/mol. The minimum Gasteiger partial charge on any atom is -0.489 e. The van der Waals surface area contributed by atoms with E-state index >= 15 is 0 Å². The summed E-state index contributed by atoms with van der Waals surface area (Å²) in [5.41, 5.74) is 2.38. The van der Waals surface area contributed by atoms with Crippen LogP contribution in [-0.2, 0) is 17.9 Å². The zero-order valence-electron chi connectivity index (χ0n) is 16.7. The quantitative estimate of drug-likeness (QED) is 0.654. The van der Waals surface area contributed by atoms with E-state index in [1.54, 1.807) is 62.8 Å². The summed E-state index contributed by atoms with van der Waals surface area (Å²) in [6, 6.07) is 16.0. The number of benzene rings is 2. The third-order valence-electron chi connectivity index (χ3n) is 4.27. The summed E-state index contributed by atoms with van der Waals surface area (Å²) in [6.07, 6.45) is 3.11. The highest BCUT2D eigenvalue weighted by Crippen LogP contribution is 2.15. The number of ether oxygens (including phenoxy) is 1. The number of hydrogen-bond donors (Lipinski definition) is 1. The number of rotatable bonds is 7. The molecule has 0 radical (unpaired) electrons. The average molecular weight is 403 g/mol. The van der Waals surface area contributed by atoms with E-state index in [9.17, 15) is 9.59 Å². The van der Waals surface area contributed by atoms with Crippen LogP contribution in [0.3, 0.4) is 0 Å². The number of aromatic nitrogens is 2. The van der Waals surface area contributed by atoms with Crippen LogP contribution >= 0.6 is 0 Å². The van der Waals surface area contributed by atoms with Gasteiger partial charge in [-0.15, -0.1) is 0 Å². The maximum absolute atomic E-state index is 12.6. The molecule has 1 aromatic heterocycles. The number of amides is 2. The second-order valence-electron chi connectivity index (χ2n) is 6.79.